The van der Waals surface area contributed by atoms with E-state index in [2.05, 4.69) is 31.4 Å². The van der Waals surface area contributed by atoms with Crippen molar-refractivity contribution in [2.24, 2.45) is 0 Å². The van der Waals surface area contributed by atoms with E-state index in [1.807, 2.05) is 48.5 Å². The van der Waals surface area contributed by atoms with E-state index in [1.54, 1.807) is 13.2 Å². The lowest BCUT2D eigenvalue weighted by molar-refractivity contribution is -0.122. The fraction of sp³-hybridized carbons (Fsp3) is 0.143. The van der Waals surface area contributed by atoms with Crippen molar-refractivity contribution in [3.63, 3.8) is 0 Å². The Hall–Kier alpha value is -3.46. The highest BCUT2D eigenvalue weighted by Crippen LogP contribution is 2.20. The van der Waals surface area contributed by atoms with Gasteiger partial charge in [-0.2, -0.15) is 10.2 Å². The summed E-state index contributed by atoms with van der Waals surface area (Å²) >= 11 is 3.40. The summed E-state index contributed by atoms with van der Waals surface area (Å²) in [6.07, 6.45) is 1.43. The van der Waals surface area contributed by atoms with Crippen molar-refractivity contribution in [2.45, 2.75) is 13.1 Å². The monoisotopic (exact) mass is 467 g/mol. The van der Waals surface area contributed by atoms with E-state index >= 15 is 0 Å². The number of methoxy groups -OCH3 is 1. The summed E-state index contributed by atoms with van der Waals surface area (Å²) in [5, 5.41) is 11.3. The molecule has 30 heavy (non-hydrogen) atoms. The summed E-state index contributed by atoms with van der Waals surface area (Å²) in [4.78, 5) is 25.0. The lowest BCUT2D eigenvalue weighted by Crippen LogP contribution is -2.34. The predicted molar refractivity (Wildman–Crippen MR) is 115 cm³/mol. The lowest BCUT2D eigenvalue weighted by Gasteiger charge is -2.07. The molecule has 0 atom stereocenters. The molecule has 1 N–H and O–H groups in total. The van der Waals surface area contributed by atoms with Gasteiger partial charge in [-0.05, 0) is 35.9 Å². The summed E-state index contributed by atoms with van der Waals surface area (Å²) in [5.41, 5.74) is 2.43. The fourth-order valence-corrected chi connectivity index (χ4v) is 3.21. The number of carbonyl (C=O) groups excluding carboxylic acids is 1. The molecule has 1 amide bonds. The maximum absolute atomic E-state index is 12.7. The number of halogens is 1. The number of benzene rings is 2. The number of hydrogen-bond acceptors (Lipinski definition) is 5. The summed E-state index contributed by atoms with van der Waals surface area (Å²) in [6, 6.07) is 16.7. The first-order chi connectivity index (χ1) is 14.5. The highest BCUT2D eigenvalue weighted by molar-refractivity contribution is 9.10. The van der Waals surface area contributed by atoms with Crippen molar-refractivity contribution in [3.05, 3.63) is 81.3 Å². The van der Waals surface area contributed by atoms with Crippen LogP contribution in [0.4, 0.5) is 0 Å². The molecule has 8 nitrogen and oxygen atoms in total. The van der Waals surface area contributed by atoms with E-state index in [9.17, 15) is 9.59 Å². The Kier molecular flexibility index (Phi) is 5.62. The molecule has 0 fully saturated rings. The molecule has 0 aliphatic carbocycles. The minimum absolute atomic E-state index is 0.176. The molecule has 2 heterocycles. The average molecular weight is 468 g/mol. The predicted octanol–water partition coefficient (Wildman–Crippen LogP) is 2.65. The number of rotatable bonds is 6. The first-order valence-electron chi connectivity index (χ1n) is 9.14. The minimum Gasteiger partial charge on any atom is -0.497 e. The van der Waals surface area contributed by atoms with E-state index in [4.69, 9.17) is 4.74 Å². The summed E-state index contributed by atoms with van der Waals surface area (Å²) in [6.45, 7) is 0.171. The molecule has 4 aromatic rings. The number of ether oxygens (including phenoxy) is 1. The largest absolute Gasteiger partial charge is 0.497 e. The quantitative estimate of drug-likeness (QED) is 0.470. The van der Waals surface area contributed by atoms with Crippen molar-refractivity contribution >= 4 is 27.4 Å². The molecule has 9 heteroatoms. The molecule has 0 spiro atoms. The molecule has 2 aromatic heterocycles. The fourth-order valence-electron chi connectivity index (χ4n) is 2.95. The molecule has 0 saturated carbocycles. The van der Waals surface area contributed by atoms with Crippen LogP contribution in [0, 0.1) is 0 Å². The highest BCUT2D eigenvalue weighted by atomic mass is 79.9. The van der Waals surface area contributed by atoms with Crippen LogP contribution in [-0.2, 0) is 17.9 Å². The Labute approximate surface area is 180 Å². The van der Waals surface area contributed by atoms with Crippen molar-refractivity contribution in [1.29, 1.82) is 0 Å². The Morgan fingerprint density at radius 2 is 1.87 bits per heavy atom. The van der Waals surface area contributed by atoms with Crippen LogP contribution in [0.15, 0.2) is 70.2 Å². The molecular weight excluding hydrogens is 450 g/mol. The molecule has 0 unspecified atom stereocenters. The first-order valence-corrected chi connectivity index (χ1v) is 9.94. The van der Waals surface area contributed by atoms with Crippen LogP contribution < -0.4 is 15.6 Å². The minimum atomic E-state index is -0.382. The van der Waals surface area contributed by atoms with Gasteiger partial charge in [0.1, 0.15) is 24.1 Å². The van der Waals surface area contributed by atoms with Gasteiger partial charge in [-0.25, -0.2) is 9.20 Å². The van der Waals surface area contributed by atoms with Gasteiger partial charge in [0.25, 0.3) is 5.56 Å². The van der Waals surface area contributed by atoms with Crippen molar-refractivity contribution in [2.75, 3.05) is 7.11 Å². The molecule has 2 aromatic carbocycles. The van der Waals surface area contributed by atoms with Gasteiger partial charge in [0.2, 0.25) is 5.91 Å². The van der Waals surface area contributed by atoms with Gasteiger partial charge in [0, 0.05) is 16.6 Å². The second kappa shape index (κ2) is 8.50. The number of nitrogens with zero attached hydrogens (tertiary/aromatic N) is 4. The lowest BCUT2D eigenvalue weighted by atomic mass is 10.1. The van der Waals surface area contributed by atoms with Crippen LogP contribution in [0.25, 0.3) is 16.8 Å². The Bertz CT molecular complexity index is 1250. The Morgan fingerprint density at radius 1 is 1.13 bits per heavy atom. The van der Waals surface area contributed by atoms with E-state index in [-0.39, 0.29) is 18.0 Å². The summed E-state index contributed by atoms with van der Waals surface area (Å²) < 4.78 is 8.63. The van der Waals surface area contributed by atoms with Crippen molar-refractivity contribution in [3.8, 4) is 17.0 Å². The molecule has 152 valence electrons. The van der Waals surface area contributed by atoms with E-state index in [0.29, 0.717) is 17.8 Å². The molecule has 0 radical (unpaired) electrons. The van der Waals surface area contributed by atoms with Gasteiger partial charge in [-0.15, -0.1) is 0 Å². The van der Waals surface area contributed by atoms with Gasteiger partial charge in [-0.1, -0.05) is 40.2 Å². The third-order valence-corrected chi connectivity index (χ3v) is 5.10. The van der Waals surface area contributed by atoms with Crippen molar-refractivity contribution in [1.82, 2.24) is 24.7 Å². The molecule has 0 saturated heterocycles. The number of fused-ring (bicyclic) bond motifs is 1. The number of hydrogen-bond donors (Lipinski definition) is 1. The topological polar surface area (TPSA) is 90.5 Å². The van der Waals surface area contributed by atoms with Crippen LogP contribution in [0.1, 0.15) is 5.56 Å². The average Bonchev–Trinajstić information content (AvgIpc) is 3.20. The zero-order valence-electron chi connectivity index (χ0n) is 16.1. The van der Waals surface area contributed by atoms with Crippen molar-refractivity contribution < 1.29 is 9.53 Å². The molecule has 0 aliphatic heterocycles. The zero-order valence-corrected chi connectivity index (χ0v) is 17.7. The smallest absolute Gasteiger partial charge is 0.293 e. The van der Waals surface area contributed by atoms with Gasteiger partial charge >= 0.3 is 0 Å². The van der Waals surface area contributed by atoms with Crippen LogP contribution in [0.2, 0.25) is 0 Å². The number of carbonyl (C=O) groups is 1. The molecule has 0 aliphatic rings. The molecule has 4 rings (SSSR count). The SMILES string of the molecule is COc1ccc(CNC(=O)Cn2ncn3nc(-c4ccc(Br)cc4)cc3c2=O)cc1. The van der Waals surface area contributed by atoms with Gasteiger partial charge in [-0.3, -0.25) is 9.59 Å². The normalized spacial score (nSPS) is 10.9. The Balaban J connectivity index is 1.48. The maximum atomic E-state index is 12.7. The molecule has 0 bridgehead atoms. The summed E-state index contributed by atoms with van der Waals surface area (Å²) in [5.74, 6) is 0.440. The van der Waals surface area contributed by atoms with Gasteiger partial charge in [0.15, 0.2) is 0 Å². The van der Waals surface area contributed by atoms with Crippen LogP contribution in [-0.4, -0.2) is 32.4 Å². The number of amides is 1. The first kappa shape index (κ1) is 19.8. The second-order valence-electron chi connectivity index (χ2n) is 6.58. The van der Waals surface area contributed by atoms with Crippen LogP contribution >= 0.6 is 15.9 Å². The van der Waals surface area contributed by atoms with Crippen LogP contribution in [0.5, 0.6) is 5.75 Å². The van der Waals surface area contributed by atoms with Gasteiger partial charge < -0.3 is 10.1 Å². The van der Waals surface area contributed by atoms with E-state index in [1.165, 1.54) is 10.8 Å². The maximum Gasteiger partial charge on any atom is 0.293 e. The van der Waals surface area contributed by atoms with E-state index in [0.717, 1.165) is 26.0 Å². The standard InChI is InChI=1S/C21H18BrN5O3/c1-30-17-8-2-14(3-9-17)11-23-20(28)12-26-21(29)19-10-18(25-27(19)13-24-26)15-4-6-16(22)7-5-15/h2-10,13H,11-12H2,1H3,(H,23,28). The Morgan fingerprint density at radius 3 is 2.57 bits per heavy atom. The highest BCUT2D eigenvalue weighted by Gasteiger charge is 2.12. The van der Waals surface area contributed by atoms with Crippen LogP contribution in [0.3, 0.4) is 0 Å². The van der Waals surface area contributed by atoms with Gasteiger partial charge in [0.05, 0.1) is 12.8 Å². The third-order valence-electron chi connectivity index (χ3n) is 4.57. The number of nitrogens with one attached hydrogen (secondary N) is 1. The summed E-state index contributed by atoms with van der Waals surface area (Å²) in [7, 11) is 1.60. The zero-order chi connectivity index (χ0) is 21.1. The molecular formula is C21H18BrN5O3. The second-order valence-corrected chi connectivity index (χ2v) is 7.50. The number of aromatic nitrogens is 4. The van der Waals surface area contributed by atoms with E-state index < -0.39 is 0 Å². The third kappa shape index (κ3) is 4.25.